The van der Waals surface area contributed by atoms with E-state index in [9.17, 15) is 19.5 Å². The molecule has 2 bridgehead atoms. The summed E-state index contributed by atoms with van der Waals surface area (Å²) in [5.41, 5.74) is 0.716. The fourth-order valence-corrected chi connectivity index (χ4v) is 5.43. The Labute approximate surface area is 253 Å². The minimum atomic E-state index is -0.802. The Morgan fingerprint density at radius 1 is 1.16 bits per heavy atom. The number of rotatable bonds is 11. The Bertz CT molecular complexity index is 1090. The van der Waals surface area contributed by atoms with E-state index in [-0.39, 0.29) is 37.1 Å². The average Bonchev–Trinajstić information content (AvgIpc) is 3.43. The Balaban J connectivity index is 1.53. The van der Waals surface area contributed by atoms with Gasteiger partial charge in [-0.25, -0.2) is 14.6 Å². The quantitative estimate of drug-likeness (QED) is 0.214. The van der Waals surface area contributed by atoms with Crippen molar-refractivity contribution in [1.29, 1.82) is 0 Å². The lowest BCUT2D eigenvalue weighted by atomic mass is 9.86. The molecule has 0 unspecified atom stereocenters. The second kappa shape index (κ2) is 17.8. The van der Waals surface area contributed by atoms with E-state index in [0.29, 0.717) is 50.1 Å². The Kier molecular flexibility index (Phi) is 14.2. The minimum Gasteiger partial charge on any atom is -0.462 e. The minimum absolute atomic E-state index is 0.0238. The van der Waals surface area contributed by atoms with Crippen LogP contribution in [-0.4, -0.2) is 85.5 Å². The lowest BCUT2D eigenvalue weighted by Gasteiger charge is -2.39. The van der Waals surface area contributed by atoms with Crippen molar-refractivity contribution in [3.05, 3.63) is 36.1 Å². The summed E-state index contributed by atoms with van der Waals surface area (Å²) in [6.07, 6.45) is 9.13. The second-order valence-electron chi connectivity index (χ2n) is 11.1. The summed E-state index contributed by atoms with van der Waals surface area (Å²) in [6.45, 7) is 4.27. The van der Waals surface area contributed by atoms with E-state index in [1.165, 1.54) is 19.4 Å². The van der Waals surface area contributed by atoms with Crippen LogP contribution < -0.4 is 5.32 Å². The monoisotopic (exact) mass is 606 g/mol. The predicted octanol–water partition coefficient (Wildman–Crippen LogP) is 3.90. The number of hydrogen-bond donors (Lipinski definition) is 2. The molecule has 0 saturated carbocycles. The van der Waals surface area contributed by atoms with E-state index < -0.39 is 36.5 Å². The highest BCUT2D eigenvalue weighted by atomic mass is 16.6. The number of carbonyl (C=O) groups is 3. The van der Waals surface area contributed by atoms with Gasteiger partial charge in [-0.2, -0.15) is 0 Å². The van der Waals surface area contributed by atoms with E-state index >= 15 is 0 Å². The van der Waals surface area contributed by atoms with Gasteiger partial charge in [0.2, 0.25) is 5.89 Å². The first-order valence-electron chi connectivity index (χ1n) is 15.1. The zero-order chi connectivity index (χ0) is 31.2. The Morgan fingerprint density at radius 3 is 2.72 bits per heavy atom. The summed E-state index contributed by atoms with van der Waals surface area (Å²) >= 11 is 0. The van der Waals surface area contributed by atoms with Gasteiger partial charge >= 0.3 is 18.0 Å². The smallest absolute Gasteiger partial charge is 0.407 e. The number of nitrogens with one attached hydrogen (secondary N) is 1. The van der Waals surface area contributed by atoms with Crippen LogP contribution in [0.1, 0.15) is 76.8 Å². The van der Waals surface area contributed by atoms with Crippen LogP contribution in [0, 0.1) is 5.92 Å². The number of aliphatic hydroxyl groups is 1. The maximum absolute atomic E-state index is 12.8. The number of esters is 2. The molecule has 0 radical (unpaired) electrons. The second-order valence-corrected chi connectivity index (χ2v) is 11.1. The van der Waals surface area contributed by atoms with Crippen LogP contribution in [0.3, 0.4) is 0 Å². The van der Waals surface area contributed by atoms with E-state index in [2.05, 4.69) is 15.0 Å². The zero-order valence-corrected chi connectivity index (χ0v) is 25.6. The molecular formula is C31H46N2O10. The number of cyclic esters (lactones) is 1. The predicted molar refractivity (Wildman–Crippen MR) is 156 cm³/mol. The summed E-state index contributed by atoms with van der Waals surface area (Å²) in [6, 6.07) is 0. The van der Waals surface area contributed by atoms with Crippen molar-refractivity contribution in [1.82, 2.24) is 10.3 Å². The average molecular weight is 607 g/mol. The summed E-state index contributed by atoms with van der Waals surface area (Å²) < 4.78 is 33.2. The first kappa shape index (κ1) is 34.3. The van der Waals surface area contributed by atoms with Gasteiger partial charge < -0.3 is 38.5 Å². The third-order valence-corrected chi connectivity index (χ3v) is 7.63. The van der Waals surface area contributed by atoms with Crippen molar-refractivity contribution in [2.75, 3.05) is 20.8 Å². The number of ether oxygens (including phenoxy) is 5. The van der Waals surface area contributed by atoms with Gasteiger partial charge in [0.25, 0.3) is 0 Å². The van der Waals surface area contributed by atoms with Crippen molar-refractivity contribution in [2.45, 2.75) is 108 Å². The number of aliphatic hydroxyl groups excluding tert-OH is 1. The van der Waals surface area contributed by atoms with Crippen molar-refractivity contribution in [3.63, 3.8) is 0 Å². The third-order valence-electron chi connectivity index (χ3n) is 7.63. The van der Waals surface area contributed by atoms with Crippen molar-refractivity contribution >= 4 is 24.1 Å². The molecule has 12 nitrogen and oxygen atoms in total. The van der Waals surface area contributed by atoms with Crippen molar-refractivity contribution in [3.8, 4) is 0 Å². The van der Waals surface area contributed by atoms with Crippen LogP contribution in [0.25, 0.3) is 6.08 Å². The van der Waals surface area contributed by atoms with E-state index in [1.807, 2.05) is 13.8 Å². The van der Waals surface area contributed by atoms with Crippen LogP contribution in [0.4, 0.5) is 4.79 Å². The number of carbonyl (C=O) groups excluding carboxylic acids is 3. The highest BCUT2D eigenvalue weighted by Crippen LogP contribution is 2.32. The molecule has 1 aromatic rings. The molecule has 0 spiro atoms. The molecule has 12 heteroatoms. The van der Waals surface area contributed by atoms with Crippen molar-refractivity contribution in [2.24, 2.45) is 5.92 Å². The van der Waals surface area contributed by atoms with Gasteiger partial charge in [0.1, 0.15) is 18.5 Å². The lowest BCUT2D eigenvalue weighted by Crippen LogP contribution is -2.47. The highest BCUT2D eigenvalue weighted by Gasteiger charge is 2.39. The molecule has 1 aromatic heterocycles. The summed E-state index contributed by atoms with van der Waals surface area (Å²) in [5.74, 6) is -0.596. The first-order valence-corrected chi connectivity index (χ1v) is 15.1. The molecule has 7 atom stereocenters. The van der Waals surface area contributed by atoms with Gasteiger partial charge in [-0.15, -0.1) is 0 Å². The van der Waals surface area contributed by atoms with Gasteiger partial charge in [0, 0.05) is 39.0 Å². The van der Waals surface area contributed by atoms with Crippen molar-refractivity contribution < 1.29 is 47.6 Å². The molecule has 43 heavy (non-hydrogen) atoms. The van der Waals surface area contributed by atoms with Gasteiger partial charge in [-0.05, 0) is 37.7 Å². The fraction of sp³-hybridized carbons (Fsp3) is 0.677. The number of oxazole rings is 1. The molecule has 2 saturated heterocycles. The van der Waals surface area contributed by atoms with E-state index in [1.54, 1.807) is 25.3 Å². The summed E-state index contributed by atoms with van der Waals surface area (Å²) in [7, 11) is 2.92. The van der Waals surface area contributed by atoms with Gasteiger partial charge in [0.05, 0.1) is 43.6 Å². The molecule has 2 aliphatic rings. The topological polar surface area (TPSA) is 156 Å². The SMILES string of the molecule is CCC[C@H]1C[C@@H](OC)C[C@@H](C)[C@H](O)[C@H]2C[C@@H](OC(=O)/C=C\CCc3coc(/C=C\CNC(=O)OC)n3)C[C@@H](CC(=O)O1)O2. The zero-order valence-electron chi connectivity index (χ0n) is 25.6. The number of nitrogens with zero attached hydrogens (tertiary/aromatic N) is 1. The molecule has 0 aliphatic carbocycles. The number of hydrogen-bond acceptors (Lipinski definition) is 11. The van der Waals surface area contributed by atoms with Crippen LogP contribution in [0.5, 0.6) is 0 Å². The normalized spacial score (nSPS) is 28.6. The number of fused-ring (bicyclic) bond motifs is 2. The van der Waals surface area contributed by atoms with Crippen LogP contribution in [0.2, 0.25) is 0 Å². The molecule has 2 N–H and O–H groups in total. The number of amides is 1. The van der Waals surface area contributed by atoms with Gasteiger partial charge in [-0.3, -0.25) is 4.79 Å². The molecule has 2 aliphatic heterocycles. The lowest BCUT2D eigenvalue weighted by molar-refractivity contribution is -0.182. The largest absolute Gasteiger partial charge is 0.462 e. The molecule has 3 rings (SSSR count). The third kappa shape index (κ3) is 11.8. The molecular weight excluding hydrogens is 560 g/mol. The molecule has 0 aromatic carbocycles. The maximum Gasteiger partial charge on any atom is 0.407 e. The number of allylic oxidation sites excluding steroid dienone is 1. The van der Waals surface area contributed by atoms with Gasteiger partial charge in [-0.1, -0.05) is 32.4 Å². The Hall–Kier alpha value is -3.22. The summed E-state index contributed by atoms with van der Waals surface area (Å²) in [5, 5.41) is 13.7. The van der Waals surface area contributed by atoms with Crippen LogP contribution >= 0.6 is 0 Å². The fourth-order valence-electron chi connectivity index (χ4n) is 5.43. The molecule has 2 fully saturated rings. The molecule has 3 heterocycles. The standard InChI is InChI=1S/C31H46N2O10/c1-5-9-22-15-23(38-3)14-20(2)30(36)26-17-24(16-25(41-26)18-29(35)42-22)43-28(34)12-7-6-10-21-19-40-27(33-21)11-8-13-32-31(37)39-4/h7-8,11-12,19-20,22-26,30,36H,5-6,9-10,13-18H2,1-4H3,(H,32,37)/b11-8-,12-7-/t20-,22+,23+,24+,25+,26-,30+/m1/s1. The first-order chi connectivity index (χ1) is 20.7. The molecule has 1 amide bonds. The molecule has 240 valence electrons. The number of aromatic nitrogens is 1. The van der Waals surface area contributed by atoms with Crippen LogP contribution in [0.15, 0.2) is 28.9 Å². The van der Waals surface area contributed by atoms with Crippen LogP contribution in [-0.2, 0) is 39.7 Å². The summed E-state index contributed by atoms with van der Waals surface area (Å²) in [4.78, 5) is 40.8. The Morgan fingerprint density at radius 2 is 1.98 bits per heavy atom. The number of methoxy groups -OCH3 is 2. The number of aryl methyl sites for hydroxylation is 1. The maximum atomic E-state index is 12.8. The van der Waals surface area contributed by atoms with Gasteiger partial charge in [0.15, 0.2) is 0 Å². The van der Waals surface area contributed by atoms with E-state index in [0.717, 1.165) is 12.8 Å². The highest BCUT2D eigenvalue weighted by molar-refractivity contribution is 5.82. The van der Waals surface area contributed by atoms with E-state index in [4.69, 9.17) is 23.4 Å². The number of alkyl carbamates (subject to hydrolysis) is 1.